The third kappa shape index (κ3) is 3.33. The number of hydrogen-bond acceptors (Lipinski definition) is 5. The lowest BCUT2D eigenvalue weighted by Crippen LogP contribution is -2.25. The molecule has 0 bridgehead atoms. The van der Waals surface area contributed by atoms with Gasteiger partial charge in [-0.2, -0.15) is 0 Å². The second-order valence-electron chi connectivity index (χ2n) is 5.14. The van der Waals surface area contributed by atoms with Crippen LogP contribution in [0.15, 0.2) is 0 Å². The number of rotatable bonds is 6. The summed E-state index contributed by atoms with van der Waals surface area (Å²) in [7, 11) is 1.85. The van der Waals surface area contributed by atoms with Crippen LogP contribution in [0.2, 0.25) is 0 Å². The lowest BCUT2D eigenvalue weighted by molar-refractivity contribution is -0.118. The van der Waals surface area contributed by atoms with Crippen molar-refractivity contribution in [3.05, 3.63) is 11.4 Å². The van der Waals surface area contributed by atoms with Crippen molar-refractivity contribution in [1.82, 2.24) is 9.97 Å². The lowest BCUT2D eigenvalue weighted by Gasteiger charge is -2.17. The first-order valence-corrected chi connectivity index (χ1v) is 6.62. The molecule has 1 heterocycles. The molecule has 104 valence electrons. The maximum atomic E-state index is 10.9. The number of amides is 1. The zero-order valence-corrected chi connectivity index (χ0v) is 11.7. The van der Waals surface area contributed by atoms with Crippen LogP contribution >= 0.6 is 0 Å². The van der Waals surface area contributed by atoms with E-state index < -0.39 is 0 Å². The Kier molecular flexibility index (Phi) is 3.87. The molecule has 0 radical (unpaired) electrons. The molecule has 1 aliphatic carbocycles. The fourth-order valence-corrected chi connectivity index (χ4v) is 2.03. The van der Waals surface area contributed by atoms with Gasteiger partial charge in [-0.15, -0.1) is 0 Å². The minimum absolute atomic E-state index is 0.0390. The van der Waals surface area contributed by atoms with E-state index in [2.05, 4.69) is 20.6 Å². The summed E-state index contributed by atoms with van der Waals surface area (Å²) in [6.45, 7) is 3.88. The molecule has 1 aromatic rings. The summed E-state index contributed by atoms with van der Waals surface area (Å²) in [5.41, 5.74) is 6.17. The molecule has 0 aliphatic heterocycles. The van der Waals surface area contributed by atoms with Gasteiger partial charge in [0.05, 0.1) is 0 Å². The van der Waals surface area contributed by atoms with Gasteiger partial charge in [-0.3, -0.25) is 4.79 Å². The molecular formula is C13H21N5O. The van der Waals surface area contributed by atoms with Gasteiger partial charge < -0.3 is 16.4 Å². The van der Waals surface area contributed by atoms with Crippen molar-refractivity contribution in [2.45, 2.75) is 45.1 Å². The van der Waals surface area contributed by atoms with Crippen LogP contribution in [0.4, 0.5) is 11.6 Å². The van der Waals surface area contributed by atoms with Crippen LogP contribution in [0.3, 0.4) is 0 Å². The minimum Gasteiger partial charge on any atom is -0.373 e. The normalized spacial score (nSPS) is 15.9. The number of anilines is 2. The van der Waals surface area contributed by atoms with Crippen LogP contribution < -0.4 is 16.4 Å². The Labute approximate surface area is 113 Å². The highest BCUT2D eigenvalue weighted by molar-refractivity contribution is 5.75. The molecule has 1 atom stereocenters. The van der Waals surface area contributed by atoms with E-state index in [4.69, 9.17) is 5.73 Å². The standard InChI is InChI=1S/C13H21N5O/c1-7(6-10(14)19)16-12-8(2)11(15-3)17-13(18-12)9-4-5-9/h7,9H,4-6H2,1-3H3,(H2,14,19)(H2,15,16,17,18). The highest BCUT2D eigenvalue weighted by atomic mass is 16.1. The predicted molar refractivity (Wildman–Crippen MR) is 75.2 cm³/mol. The SMILES string of the molecule is CNc1nc(C2CC2)nc(NC(C)CC(N)=O)c1C. The van der Waals surface area contributed by atoms with Crippen LogP contribution in [0, 0.1) is 6.92 Å². The average molecular weight is 263 g/mol. The molecule has 1 saturated carbocycles. The van der Waals surface area contributed by atoms with E-state index >= 15 is 0 Å². The van der Waals surface area contributed by atoms with E-state index in [-0.39, 0.29) is 18.4 Å². The molecule has 6 heteroatoms. The highest BCUT2D eigenvalue weighted by Crippen LogP contribution is 2.39. The van der Waals surface area contributed by atoms with Gasteiger partial charge in [0.25, 0.3) is 0 Å². The van der Waals surface area contributed by atoms with Gasteiger partial charge in [0.15, 0.2) is 0 Å². The van der Waals surface area contributed by atoms with E-state index in [0.717, 1.165) is 35.9 Å². The maximum Gasteiger partial charge on any atom is 0.219 e. The molecule has 0 saturated heterocycles. The Bertz CT molecular complexity index is 484. The Hall–Kier alpha value is -1.85. The van der Waals surface area contributed by atoms with Gasteiger partial charge in [0.2, 0.25) is 5.91 Å². The van der Waals surface area contributed by atoms with Crippen LogP contribution in [-0.4, -0.2) is 29.0 Å². The van der Waals surface area contributed by atoms with Crippen LogP contribution in [0.1, 0.15) is 43.5 Å². The molecular weight excluding hydrogens is 242 g/mol. The number of hydrogen-bond donors (Lipinski definition) is 3. The quantitative estimate of drug-likeness (QED) is 0.721. The fourth-order valence-electron chi connectivity index (χ4n) is 2.03. The van der Waals surface area contributed by atoms with E-state index in [1.165, 1.54) is 0 Å². The van der Waals surface area contributed by atoms with Crippen LogP contribution in [-0.2, 0) is 4.79 Å². The first kappa shape index (κ1) is 13.6. The first-order chi connectivity index (χ1) is 9.01. The van der Waals surface area contributed by atoms with Gasteiger partial charge >= 0.3 is 0 Å². The number of nitrogens with one attached hydrogen (secondary N) is 2. The molecule has 2 rings (SSSR count). The molecule has 1 amide bonds. The second-order valence-corrected chi connectivity index (χ2v) is 5.14. The third-order valence-corrected chi connectivity index (χ3v) is 3.23. The number of carbonyl (C=O) groups excluding carboxylic acids is 1. The molecule has 1 unspecified atom stereocenters. The largest absolute Gasteiger partial charge is 0.373 e. The van der Waals surface area contributed by atoms with Gasteiger partial charge in [0.1, 0.15) is 17.5 Å². The summed E-state index contributed by atoms with van der Waals surface area (Å²) < 4.78 is 0. The molecule has 1 aliphatic rings. The van der Waals surface area contributed by atoms with E-state index in [1.807, 2.05) is 20.9 Å². The monoisotopic (exact) mass is 263 g/mol. The Morgan fingerprint density at radius 1 is 1.42 bits per heavy atom. The zero-order valence-electron chi connectivity index (χ0n) is 11.7. The number of aromatic nitrogens is 2. The summed E-state index contributed by atoms with van der Waals surface area (Å²) in [6, 6.07) is -0.0390. The van der Waals surface area contributed by atoms with Crippen molar-refractivity contribution in [1.29, 1.82) is 0 Å². The van der Waals surface area contributed by atoms with E-state index in [9.17, 15) is 4.79 Å². The third-order valence-electron chi connectivity index (χ3n) is 3.23. The smallest absolute Gasteiger partial charge is 0.219 e. The number of primary amides is 1. The summed E-state index contributed by atoms with van der Waals surface area (Å²) >= 11 is 0. The fraction of sp³-hybridized carbons (Fsp3) is 0.615. The van der Waals surface area contributed by atoms with Crippen molar-refractivity contribution in [2.75, 3.05) is 17.7 Å². The Morgan fingerprint density at radius 2 is 2.05 bits per heavy atom. The maximum absolute atomic E-state index is 10.9. The topological polar surface area (TPSA) is 92.9 Å². The lowest BCUT2D eigenvalue weighted by atomic mass is 10.2. The molecule has 1 aromatic heterocycles. The number of nitrogens with zero attached hydrogens (tertiary/aromatic N) is 2. The average Bonchev–Trinajstić information content (AvgIpc) is 3.14. The van der Waals surface area contributed by atoms with Crippen molar-refractivity contribution in [3.63, 3.8) is 0 Å². The number of carbonyl (C=O) groups is 1. The summed E-state index contributed by atoms with van der Waals surface area (Å²) in [5, 5.41) is 6.34. The van der Waals surface area contributed by atoms with E-state index in [1.54, 1.807) is 0 Å². The molecule has 1 fully saturated rings. The minimum atomic E-state index is -0.317. The molecule has 4 N–H and O–H groups in total. The zero-order chi connectivity index (χ0) is 14.0. The van der Waals surface area contributed by atoms with Crippen LogP contribution in [0.25, 0.3) is 0 Å². The van der Waals surface area contributed by atoms with Gasteiger partial charge in [0, 0.05) is 31.0 Å². The van der Waals surface area contributed by atoms with Crippen LogP contribution in [0.5, 0.6) is 0 Å². The molecule has 19 heavy (non-hydrogen) atoms. The highest BCUT2D eigenvalue weighted by Gasteiger charge is 2.28. The summed E-state index contributed by atoms with van der Waals surface area (Å²) in [5.74, 6) is 2.67. The Balaban J connectivity index is 2.22. The molecule has 6 nitrogen and oxygen atoms in total. The molecule has 0 spiro atoms. The van der Waals surface area contributed by atoms with Crippen molar-refractivity contribution in [2.24, 2.45) is 5.73 Å². The summed E-state index contributed by atoms with van der Waals surface area (Å²) in [6.07, 6.45) is 2.60. The molecule has 0 aromatic carbocycles. The van der Waals surface area contributed by atoms with Crippen molar-refractivity contribution >= 4 is 17.5 Å². The van der Waals surface area contributed by atoms with E-state index in [0.29, 0.717) is 5.92 Å². The first-order valence-electron chi connectivity index (χ1n) is 6.62. The Morgan fingerprint density at radius 3 is 2.58 bits per heavy atom. The van der Waals surface area contributed by atoms with Gasteiger partial charge in [-0.05, 0) is 26.7 Å². The predicted octanol–water partition coefficient (Wildman–Crippen LogP) is 1.38. The van der Waals surface area contributed by atoms with Gasteiger partial charge in [-0.25, -0.2) is 9.97 Å². The number of nitrogens with two attached hydrogens (primary N) is 1. The van der Waals surface area contributed by atoms with Crippen molar-refractivity contribution < 1.29 is 4.79 Å². The second kappa shape index (κ2) is 5.42. The van der Waals surface area contributed by atoms with Gasteiger partial charge in [-0.1, -0.05) is 0 Å². The summed E-state index contributed by atoms with van der Waals surface area (Å²) in [4.78, 5) is 20.0. The van der Waals surface area contributed by atoms with Crippen molar-refractivity contribution in [3.8, 4) is 0 Å².